The minimum Gasteiger partial charge on any atom is -0.338 e. The molecule has 20 heavy (non-hydrogen) atoms. The van der Waals surface area contributed by atoms with E-state index in [1.165, 1.54) is 5.56 Å². The predicted octanol–water partition coefficient (Wildman–Crippen LogP) is 2.12. The van der Waals surface area contributed by atoms with Crippen LogP contribution in [0.5, 0.6) is 0 Å². The van der Waals surface area contributed by atoms with E-state index in [0.717, 1.165) is 24.2 Å². The third-order valence-corrected chi connectivity index (χ3v) is 3.47. The molecule has 1 aromatic rings. The highest BCUT2D eigenvalue weighted by atomic mass is 16.2. The summed E-state index contributed by atoms with van der Waals surface area (Å²) in [6, 6.07) is 5.69. The fourth-order valence-electron chi connectivity index (χ4n) is 2.41. The molecule has 5 heteroatoms. The number of benzene rings is 1. The van der Waals surface area contributed by atoms with E-state index in [4.69, 9.17) is 0 Å². The second-order valence-corrected chi connectivity index (χ2v) is 4.89. The maximum Gasteiger partial charge on any atom is 0.319 e. The summed E-state index contributed by atoms with van der Waals surface area (Å²) in [6.45, 7) is 5.76. The first-order valence-corrected chi connectivity index (χ1v) is 7.08. The van der Waals surface area contributed by atoms with Crippen LogP contribution in [0, 0.1) is 0 Å². The third-order valence-electron chi connectivity index (χ3n) is 3.47. The molecular formula is C15H21N3O2. The smallest absolute Gasteiger partial charge is 0.319 e. The van der Waals surface area contributed by atoms with Gasteiger partial charge in [0.2, 0.25) is 5.91 Å². The molecule has 3 amide bonds. The van der Waals surface area contributed by atoms with Crippen LogP contribution in [-0.2, 0) is 17.8 Å². The lowest BCUT2D eigenvalue weighted by Gasteiger charge is -2.29. The number of amides is 3. The molecule has 2 rings (SSSR count). The maximum absolute atomic E-state index is 11.8. The lowest BCUT2D eigenvalue weighted by Crippen LogP contribution is -2.35. The van der Waals surface area contributed by atoms with Gasteiger partial charge in [0.15, 0.2) is 0 Å². The molecule has 0 aliphatic carbocycles. The van der Waals surface area contributed by atoms with Crippen molar-refractivity contribution in [2.45, 2.75) is 33.2 Å². The summed E-state index contributed by atoms with van der Waals surface area (Å²) in [5.41, 5.74) is 3.14. The molecule has 1 aromatic carbocycles. The van der Waals surface area contributed by atoms with Gasteiger partial charge in [0, 0.05) is 31.7 Å². The number of rotatable bonds is 3. The van der Waals surface area contributed by atoms with Gasteiger partial charge in [-0.15, -0.1) is 0 Å². The highest BCUT2D eigenvalue weighted by Gasteiger charge is 2.19. The van der Waals surface area contributed by atoms with Crippen molar-refractivity contribution in [1.29, 1.82) is 0 Å². The van der Waals surface area contributed by atoms with E-state index in [2.05, 4.69) is 10.6 Å². The zero-order valence-electron chi connectivity index (χ0n) is 12.0. The molecule has 1 aliphatic rings. The largest absolute Gasteiger partial charge is 0.338 e. The second-order valence-electron chi connectivity index (χ2n) is 4.89. The number of nitrogens with zero attached hydrogens (tertiary/aromatic N) is 1. The van der Waals surface area contributed by atoms with Crippen LogP contribution in [0.2, 0.25) is 0 Å². The Morgan fingerprint density at radius 2 is 2.05 bits per heavy atom. The lowest BCUT2D eigenvalue weighted by molar-refractivity contribution is -0.131. The molecule has 1 heterocycles. The van der Waals surface area contributed by atoms with E-state index in [1.54, 1.807) is 0 Å². The van der Waals surface area contributed by atoms with Crippen molar-refractivity contribution in [3.8, 4) is 0 Å². The SMILES string of the molecule is CCNC(=O)Nc1ccc2c(c1)CN(C(=O)CC)CC2. The summed E-state index contributed by atoms with van der Waals surface area (Å²) in [4.78, 5) is 25.2. The number of fused-ring (bicyclic) bond motifs is 1. The van der Waals surface area contributed by atoms with Crippen molar-refractivity contribution < 1.29 is 9.59 Å². The number of anilines is 1. The second kappa shape index (κ2) is 6.41. The van der Waals surface area contributed by atoms with E-state index in [1.807, 2.05) is 36.9 Å². The Morgan fingerprint density at radius 3 is 2.75 bits per heavy atom. The van der Waals surface area contributed by atoms with Crippen molar-refractivity contribution in [3.63, 3.8) is 0 Å². The molecule has 0 atom stereocenters. The van der Waals surface area contributed by atoms with Crippen LogP contribution >= 0.6 is 0 Å². The molecule has 0 saturated carbocycles. The zero-order chi connectivity index (χ0) is 14.5. The number of hydrogen-bond acceptors (Lipinski definition) is 2. The van der Waals surface area contributed by atoms with Crippen molar-refractivity contribution >= 4 is 17.6 Å². The highest BCUT2D eigenvalue weighted by molar-refractivity contribution is 5.89. The molecule has 0 unspecified atom stereocenters. The van der Waals surface area contributed by atoms with Gasteiger partial charge >= 0.3 is 6.03 Å². The molecule has 5 nitrogen and oxygen atoms in total. The van der Waals surface area contributed by atoms with Crippen LogP contribution in [-0.4, -0.2) is 29.9 Å². The van der Waals surface area contributed by atoms with E-state index >= 15 is 0 Å². The number of carbonyl (C=O) groups is 2. The number of nitrogens with one attached hydrogen (secondary N) is 2. The van der Waals surface area contributed by atoms with Gasteiger partial charge in [-0.2, -0.15) is 0 Å². The summed E-state index contributed by atoms with van der Waals surface area (Å²) in [6.07, 6.45) is 1.41. The zero-order valence-corrected chi connectivity index (χ0v) is 12.0. The topological polar surface area (TPSA) is 61.4 Å². The summed E-state index contributed by atoms with van der Waals surface area (Å²) < 4.78 is 0. The van der Waals surface area contributed by atoms with Crippen LogP contribution in [0.15, 0.2) is 18.2 Å². The highest BCUT2D eigenvalue weighted by Crippen LogP contribution is 2.23. The van der Waals surface area contributed by atoms with Crippen LogP contribution in [0.4, 0.5) is 10.5 Å². The number of carbonyl (C=O) groups excluding carboxylic acids is 2. The first-order valence-electron chi connectivity index (χ1n) is 7.08. The summed E-state index contributed by atoms with van der Waals surface area (Å²) in [5.74, 6) is 0.178. The van der Waals surface area contributed by atoms with Gasteiger partial charge in [-0.25, -0.2) is 4.79 Å². The van der Waals surface area contributed by atoms with Crippen LogP contribution in [0.3, 0.4) is 0 Å². The van der Waals surface area contributed by atoms with Gasteiger partial charge < -0.3 is 15.5 Å². The molecule has 0 bridgehead atoms. The van der Waals surface area contributed by atoms with Crippen molar-refractivity contribution in [1.82, 2.24) is 10.2 Å². The predicted molar refractivity (Wildman–Crippen MR) is 78.5 cm³/mol. The molecular weight excluding hydrogens is 254 g/mol. The maximum atomic E-state index is 11.8. The minimum absolute atomic E-state index is 0.178. The molecule has 2 N–H and O–H groups in total. The van der Waals surface area contributed by atoms with Crippen molar-refractivity contribution in [2.75, 3.05) is 18.4 Å². The monoisotopic (exact) mass is 275 g/mol. The summed E-state index contributed by atoms with van der Waals surface area (Å²) in [7, 11) is 0. The van der Waals surface area contributed by atoms with Gasteiger partial charge in [0.05, 0.1) is 0 Å². The van der Waals surface area contributed by atoms with Crippen LogP contribution in [0.25, 0.3) is 0 Å². The Kier molecular flexibility index (Phi) is 4.61. The Bertz CT molecular complexity index is 514. The molecule has 1 aliphatic heterocycles. The number of urea groups is 1. The normalized spacial score (nSPS) is 13.6. The van der Waals surface area contributed by atoms with Gasteiger partial charge in [-0.3, -0.25) is 4.79 Å². The van der Waals surface area contributed by atoms with Crippen molar-refractivity contribution in [3.05, 3.63) is 29.3 Å². The van der Waals surface area contributed by atoms with Gasteiger partial charge in [0.1, 0.15) is 0 Å². The molecule has 0 aromatic heterocycles. The molecule has 0 saturated heterocycles. The first kappa shape index (κ1) is 14.4. The van der Waals surface area contributed by atoms with E-state index < -0.39 is 0 Å². The fraction of sp³-hybridized carbons (Fsp3) is 0.467. The number of hydrogen-bond donors (Lipinski definition) is 2. The quantitative estimate of drug-likeness (QED) is 0.887. The van der Waals surface area contributed by atoms with Crippen LogP contribution in [0.1, 0.15) is 31.4 Å². The van der Waals surface area contributed by atoms with Gasteiger partial charge in [0.25, 0.3) is 0 Å². The molecule has 0 spiro atoms. The van der Waals surface area contributed by atoms with Crippen molar-refractivity contribution in [2.24, 2.45) is 0 Å². The summed E-state index contributed by atoms with van der Waals surface area (Å²) in [5, 5.41) is 5.49. The lowest BCUT2D eigenvalue weighted by atomic mass is 9.99. The standard InChI is InChI=1S/C15H21N3O2/c1-3-14(19)18-8-7-11-5-6-13(9-12(11)10-18)17-15(20)16-4-2/h5-6,9H,3-4,7-8,10H2,1-2H3,(H2,16,17,20). The van der Waals surface area contributed by atoms with Crippen LogP contribution < -0.4 is 10.6 Å². The average molecular weight is 275 g/mol. The Labute approximate surface area is 119 Å². The molecule has 0 radical (unpaired) electrons. The Balaban J connectivity index is 2.10. The van der Waals surface area contributed by atoms with E-state index in [9.17, 15) is 9.59 Å². The Hall–Kier alpha value is -2.04. The molecule has 0 fully saturated rings. The first-order chi connectivity index (χ1) is 9.63. The van der Waals surface area contributed by atoms with Gasteiger partial charge in [-0.1, -0.05) is 13.0 Å². The Morgan fingerprint density at radius 1 is 1.25 bits per heavy atom. The molecule has 108 valence electrons. The van der Waals surface area contributed by atoms with E-state index in [0.29, 0.717) is 19.5 Å². The van der Waals surface area contributed by atoms with E-state index in [-0.39, 0.29) is 11.9 Å². The minimum atomic E-state index is -0.204. The third kappa shape index (κ3) is 3.29. The van der Waals surface area contributed by atoms with Gasteiger partial charge in [-0.05, 0) is 36.6 Å². The summed E-state index contributed by atoms with van der Waals surface area (Å²) >= 11 is 0. The fourth-order valence-corrected chi connectivity index (χ4v) is 2.41. The average Bonchev–Trinajstić information content (AvgIpc) is 2.45.